The van der Waals surface area contributed by atoms with E-state index in [1.165, 1.54) is 10.6 Å². The number of halogens is 1. The van der Waals surface area contributed by atoms with Gasteiger partial charge in [-0.2, -0.15) is 0 Å². The molecule has 2 aromatic rings. The molecule has 144 valence electrons. The Morgan fingerprint density at radius 1 is 1.31 bits per heavy atom. The molecule has 0 aliphatic carbocycles. The van der Waals surface area contributed by atoms with Crippen LogP contribution in [0.5, 0.6) is 0 Å². The molecule has 0 radical (unpaired) electrons. The van der Waals surface area contributed by atoms with E-state index in [2.05, 4.69) is 42.8 Å². The maximum absolute atomic E-state index is 5.22. The number of anilines is 1. The minimum atomic E-state index is 0. The summed E-state index contributed by atoms with van der Waals surface area (Å²) in [5.74, 6) is 1.94. The number of piperazine rings is 1. The zero-order valence-electron chi connectivity index (χ0n) is 15.7. The van der Waals surface area contributed by atoms with E-state index in [0.29, 0.717) is 0 Å². The smallest absolute Gasteiger partial charge is 0.193 e. The molecule has 2 aromatic heterocycles. The number of guanidine groups is 1. The predicted octanol–water partition coefficient (Wildman–Crippen LogP) is 3.30. The first-order valence-electron chi connectivity index (χ1n) is 8.85. The average molecular weight is 489 g/mol. The van der Waals surface area contributed by atoms with Crippen molar-refractivity contribution < 1.29 is 4.52 Å². The molecule has 8 heteroatoms. The van der Waals surface area contributed by atoms with Gasteiger partial charge < -0.3 is 19.6 Å². The Morgan fingerprint density at radius 3 is 2.65 bits per heavy atom. The van der Waals surface area contributed by atoms with Crippen LogP contribution in [0.2, 0.25) is 0 Å². The molecule has 0 spiro atoms. The number of nitrogens with zero attached hydrogens (tertiary/aromatic N) is 4. The summed E-state index contributed by atoms with van der Waals surface area (Å²) in [6, 6.07) is 4.31. The maximum atomic E-state index is 5.22. The third-order valence-electron chi connectivity index (χ3n) is 4.68. The van der Waals surface area contributed by atoms with Crippen LogP contribution in [0.4, 0.5) is 5.00 Å². The third-order valence-corrected chi connectivity index (χ3v) is 5.61. The molecule has 1 N–H and O–H groups in total. The average Bonchev–Trinajstić information content (AvgIpc) is 3.27. The lowest BCUT2D eigenvalue weighted by atomic mass is 10.1. The van der Waals surface area contributed by atoms with Gasteiger partial charge in [-0.25, -0.2) is 0 Å². The number of rotatable bonds is 5. The van der Waals surface area contributed by atoms with E-state index in [-0.39, 0.29) is 24.0 Å². The SMILES string of the molecule is CN=C(NCCCc1c(C)noc1C)N1CCN(c2cccs2)CC1.I. The number of nitrogens with one attached hydrogen (secondary N) is 1. The zero-order chi connectivity index (χ0) is 17.6. The van der Waals surface area contributed by atoms with Crippen molar-refractivity contribution >= 4 is 46.3 Å². The highest BCUT2D eigenvalue weighted by molar-refractivity contribution is 14.0. The van der Waals surface area contributed by atoms with Crippen molar-refractivity contribution in [1.29, 1.82) is 0 Å². The Balaban J connectivity index is 0.00000243. The molecule has 0 bridgehead atoms. The summed E-state index contributed by atoms with van der Waals surface area (Å²) in [5, 5.41) is 11.0. The van der Waals surface area contributed by atoms with Gasteiger partial charge in [0.25, 0.3) is 0 Å². The fourth-order valence-electron chi connectivity index (χ4n) is 3.24. The van der Waals surface area contributed by atoms with Crippen molar-refractivity contribution in [2.45, 2.75) is 26.7 Å². The molecule has 0 atom stereocenters. The van der Waals surface area contributed by atoms with Crippen LogP contribution in [0.25, 0.3) is 0 Å². The molecular weight excluding hydrogens is 461 g/mol. The van der Waals surface area contributed by atoms with E-state index in [9.17, 15) is 0 Å². The molecule has 0 amide bonds. The molecule has 1 aliphatic heterocycles. The molecule has 0 unspecified atom stereocenters. The van der Waals surface area contributed by atoms with Crippen molar-refractivity contribution in [3.05, 3.63) is 34.5 Å². The number of thiophene rings is 1. The number of aliphatic imine (C=N–C) groups is 1. The van der Waals surface area contributed by atoms with Crippen LogP contribution < -0.4 is 10.2 Å². The van der Waals surface area contributed by atoms with E-state index in [4.69, 9.17) is 4.52 Å². The second-order valence-corrected chi connectivity index (χ2v) is 7.23. The highest BCUT2D eigenvalue weighted by Crippen LogP contribution is 2.22. The highest BCUT2D eigenvalue weighted by Gasteiger charge is 2.20. The third kappa shape index (κ3) is 5.12. The van der Waals surface area contributed by atoms with E-state index in [1.54, 1.807) is 0 Å². The predicted molar refractivity (Wildman–Crippen MR) is 119 cm³/mol. The van der Waals surface area contributed by atoms with Gasteiger partial charge in [0.1, 0.15) is 5.76 Å². The normalized spacial score (nSPS) is 15.1. The van der Waals surface area contributed by atoms with Crippen LogP contribution in [0.3, 0.4) is 0 Å². The van der Waals surface area contributed by atoms with Gasteiger partial charge >= 0.3 is 0 Å². The summed E-state index contributed by atoms with van der Waals surface area (Å²) in [4.78, 5) is 9.25. The van der Waals surface area contributed by atoms with Crippen LogP contribution in [-0.4, -0.2) is 55.8 Å². The van der Waals surface area contributed by atoms with Gasteiger partial charge in [0.15, 0.2) is 5.96 Å². The molecule has 3 heterocycles. The molecule has 1 aliphatic rings. The molecule has 0 saturated carbocycles. The Labute approximate surface area is 176 Å². The van der Waals surface area contributed by atoms with Crippen LogP contribution in [0.15, 0.2) is 27.0 Å². The van der Waals surface area contributed by atoms with Gasteiger partial charge in [-0.3, -0.25) is 4.99 Å². The Bertz CT molecular complexity index is 673. The minimum absolute atomic E-state index is 0. The van der Waals surface area contributed by atoms with Crippen LogP contribution >= 0.6 is 35.3 Å². The number of hydrogen-bond acceptors (Lipinski definition) is 5. The van der Waals surface area contributed by atoms with Crippen LogP contribution in [-0.2, 0) is 6.42 Å². The van der Waals surface area contributed by atoms with Crippen LogP contribution in [0, 0.1) is 13.8 Å². The molecular formula is C18H28IN5OS. The van der Waals surface area contributed by atoms with Crippen molar-refractivity contribution in [1.82, 2.24) is 15.4 Å². The topological polar surface area (TPSA) is 56.9 Å². The van der Waals surface area contributed by atoms with Crippen molar-refractivity contribution in [3.8, 4) is 0 Å². The summed E-state index contributed by atoms with van der Waals surface area (Å²) in [5.41, 5.74) is 2.24. The Morgan fingerprint density at radius 2 is 2.08 bits per heavy atom. The van der Waals surface area contributed by atoms with Crippen molar-refractivity contribution in [3.63, 3.8) is 0 Å². The summed E-state index contributed by atoms with van der Waals surface area (Å²) < 4.78 is 5.22. The lowest BCUT2D eigenvalue weighted by Gasteiger charge is -2.37. The Kier molecular flexibility index (Phi) is 8.20. The quantitative estimate of drug-likeness (QED) is 0.303. The Hall–Kier alpha value is -1.29. The second kappa shape index (κ2) is 10.1. The summed E-state index contributed by atoms with van der Waals surface area (Å²) in [7, 11) is 1.86. The zero-order valence-corrected chi connectivity index (χ0v) is 18.8. The van der Waals surface area contributed by atoms with Crippen LogP contribution in [0.1, 0.15) is 23.4 Å². The standard InChI is InChI=1S/C18H27N5OS.HI/c1-14-16(15(2)24-21-14)6-4-8-20-18(19-3)23-11-9-22(10-12-23)17-7-5-13-25-17;/h5,7,13H,4,6,8-12H2,1-3H3,(H,19,20);1H. The maximum Gasteiger partial charge on any atom is 0.193 e. The lowest BCUT2D eigenvalue weighted by Crippen LogP contribution is -2.52. The molecule has 0 aromatic carbocycles. The van der Waals surface area contributed by atoms with Gasteiger partial charge in [0.05, 0.1) is 10.7 Å². The van der Waals surface area contributed by atoms with Gasteiger partial charge in [-0.05, 0) is 44.2 Å². The fraction of sp³-hybridized carbons (Fsp3) is 0.556. The van der Waals surface area contributed by atoms with Gasteiger partial charge in [-0.1, -0.05) is 5.16 Å². The first kappa shape index (κ1) is 21.0. The van der Waals surface area contributed by atoms with Crippen molar-refractivity contribution in [2.75, 3.05) is 44.7 Å². The van der Waals surface area contributed by atoms with E-state index in [0.717, 1.165) is 63.0 Å². The minimum Gasteiger partial charge on any atom is -0.361 e. The number of aryl methyl sites for hydroxylation is 2. The van der Waals surface area contributed by atoms with Gasteiger partial charge in [0, 0.05) is 45.3 Å². The highest BCUT2D eigenvalue weighted by atomic mass is 127. The monoisotopic (exact) mass is 489 g/mol. The molecule has 1 saturated heterocycles. The van der Waals surface area contributed by atoms with Gasteiger partial charge in [0.2, 0.25) is 0 Å². The fourth-order valence-corrected chi connectivity index (χ4v) is 4.03. The first-order chi connectivity index (χ1) is 12.2. The summed E-state index contributed by atoms with van der Waals surface area (Å²) >= 11 is 1.81. The van der Waals surface area contributed by atoms with Gasteiger partial charge in [-0.15, -0.1) is 35.3 Å². The number of hydrogen-bond donors (Lipinski definition) is 1. The molecule has 6 nitrogen and oxygen atoms in total. The van der Waals surface area contributed by atoms with E-state index < -0.39 is 0 Å². The largest absolute Gasteiger partial charge is 0.361 e. The summed E-state index contributed by atoms with van der Waals surface area (Å²) in [6.07, 6.45) is 2.02. The summed E-state index contributed by atoms with van der Waals surface area (Å²) in [6.45, 7) is 8.98. The van der Waals surface area contributed by atoms with E-state index >= 15 is 0 Å². The number of aromatic nitrogens is 1. The molecule has 26 heavy (non-hydrogen) atoms. The second-order valence-electron chi connectivity index (χ2n) is 6.31. The molecule has 3 rings (SSSR count). The van der Waals surface area contributed by atoms with E-state index in [1.807, 2.05) is 32.2 Å². The molecule has 1 fully saturated rings. The lowest BCUT2D eigenvalue weighted by molar-refractivity contribution is 0.373. The van der Waals surface area contributed by atoms with Crippen molar-refractivity contribution in [2.24, 2.45) is 4.99 Å². The first-order valence-corrected chi connectivity index (χ1v) is 9.73.